The van der Waals surface area contributed by atoms with E-state index in [2.05, 4.69) is 33.5 Å². The lowest BCUT2D eigenvalue weighted by atomic mass is 10.1. The Morgan fingerprint density at radius 3 is 2.41 bits per heavy atom. The number of carbonyl (C=O) groups is 4. The summed E-state index contributed by atoms with van der Waals surface area (Å²) in [6.07, 6.45) is 2.07. The lowest BCUT2D eigenvalue weighted by Crippen LogP contribution is -2.39. The molecule has 0 aliphatic carbocycles. The molecule has 1 aliphatic heterocycles. The normalized spacial score (nSPS) is 13.5. The number of esters is 1. The zero-order chi connectivity index (χ0) is 24.1. The molecule has 1 aromatic heterocycles. The Bertz CT molecular complexity index is 989. The highest BCUT2D eigenvalue weighted by molar-refractivity contribution is 7.11. The van der Waals surface area contributed by atoms with Crippen molar-refractivity contribution < 1.29 is 28.7 Å². The first-order valence-electron chi connectivity index (χ1n) is 9.63. The highest BCUT2D eigenvalue weighted by Crippen LogP contribution is 2.26. The van der Waals surface area contributed by atoms with Crippen molar-refractivity contribution >= 4 is 40.8 Å². The van der Waals surface area contributed by atoms with Crippen LogP contribution in [0.3, 0.4) is 0 Å². The quantitative estimate of drug-likeness (QED) is 0.490. The Morgan fingerprint density at radius 2 is 1.84 bits per heavy atom. The molecule has 11 heteroatoms. The molecule has 2 rings (SSSR count). The summed E-state index contributed by atoms with van der Waals surface area (Å²) >= 11 is 1.28. The zero-order valence-electron chi connectivity index (χ0n) is 18.4. The van der Waals surface area contributed by atoms with E-state index in [1.165, 1.54) is 11.3 Å². The van der Waals surface area contributed by atoms with Gasteiger partial charge in [0, 0.05) is 18.5 Å². The highest BCUT2D eigenvalue weighted by Gasteiger charge is 2.25. The van der Waals surface area contributed by atoms with Gasteiger partial charge >= 0.3 is 12.1 Å². The van der Waals surface area contributed by atoms with Crippen LogP contribution in [0.2, 0.25) is 0 Å². The number of amides is 3. The number of nitrogens with one attached hydrogen (secondary N) is 2. The van der Waals surface area contributed by atoms with Crippen LogP contribution in [0, 0.1) is 0 Å². The van der Waals surface area contributed by atoms with Crippen molar-refractivity contribution in [1.82, 2.24) is 20.5 Å². The zero-order valence-corrected chi connectivity index (χ0v) is 19.3. The number of methoxy groups -OCH3 is 1. The predicted molar refractivity (Wildman–Crippen MR) is 118 cm³/mol. The van der Waals surface area contributed by atoms with E-state index in [4.69, 9.17) is 4.74 Å². The maximum absolute atomic E-state index is 12.4. The SMILES string of the molecule is C=C(NC(=O)c1csc(C2=CCN(C(=O)OC(C)(C)C)CC2)n1)C(=O)NC(=C)C(=O)OC. The standard InChI is InChI=1S/C21H26N4O6S/c1-12(16(26)23-13(2)19(28)30-6)22-17(27)15-11-32-18(24-15)14-7-9-25(10-8-14)20(29)31-21(3,4)5/h7,11H,1-2,8-10H2,3-6H3,(H,22,27)(H,23,26). The number of nitrogens with zero attached hydrogens (tertiary/aromatic N) is 2. The van der Waals surface area contributed by atoms with Gasteiger partial charge in [-0.3, -0.25) is 9.59 Å². The lowest BCUT2D eigenvalue weighted by molar-refractivity contribution is -0.137. The Kier molecular flexibility index (Phi) is 7.92. The Hall–Kier alpha value is -3.47. The summed E-state index contributed by atoms with van der Waals surface area (Å²) in [7, 11) is 1.15. The molecule has 10 nitrogen and oxygen atoms in total. The van der Waals surface area contributed by atoms with Crippen LogP contribution in [0.25, 0.3) is 5.57 Å². The van der Waals surface area contributed by atoms with Gasteiger partial charge < -0.3 is 25.0 Å². The first-order chi connectivity index (χ1) is 14.9. The second-order valence-electron chi connectivity index (χ2n) is 7.80. The highest BCUT2D eigenvalue weighted by atomic mass is 32.1. The molecule has 2 N–H and O–H groups in total. The minimum absolute atomic E-state index is 0.112. The van der Waals surface area contributed by atoms with Gasteiger partial charge in [-0.1, -0.05) is 19.2 Å². The molecular formula is C21H26N4O6S. The fraction of sp³-hybridized carbons (Fsp3) is 0.381. The number of rotatable bonds is 6. The number of hydrogen-bond acceptors (Lipinski definition) is 8. The summed E-state index contributed by atoms with van der Waals surface area (Å²) in [5.74, 6) is -2.24. The Morgan fingerprint density at radius 1 is 1.16 bits per heavy atom. The predicted octanol–water partition coefficient (Wildman–Crippen LogP) is 2.21. The molecule has 2 heterocycles. The Balaban J connectivity index is 1.95. The third-order valence-corrected chi connectivity index (χ3v) is 5.02. The van der Waals surface area contributed by atoms with Gasteiger partial charge in [-0.05, 0) is 32.8 Å². The second kappa shape index (κ2) is 10.2. The molecular weight excluding hydrogens is 436 g/mol. The van der Waals surface area contributed by atoms with Crippen molar-refractivity contribution in [3.8, 4) is 0 Å². The van der Waals surface area contributed by atoms with Crippen LogP contribution in [-0.4, -0.2) is 59.6 Å². The third kappa shape index (κ3) is 6.77. The number of aromatic nitrogens is 1. The maximum Gasteiger partial charge on any atom is 0.410 e. The maximum atomic E-state index is 12.4. The first kappa shape index (κ1) is 24.8. The van der Waals surface area contributed by atoms with Gasteiger partial charge in [0.2, 0.25) is 0 Å². The van der Waals surface area contributed by atoms with Crippen molar-refractivity contribution in [1.29, 1.82) is 0 Å². The molecule has 1 aromatic rings. The van der Waals surface area contributed by atoms with E-state index < -0.39 is 23.4 Å². The molecule has 0 spiro atoms. The molecule has 0 radical (unpaired) electrons. The van der Waals surface area contributed by atoms with Crippen LogP contribution in [0.1, 0.15) is 42.7 Å². The molecule has 3 amide bonds. The molecule has 0 bridgehead atoms. The second-order valence-corrected chi connectivity index (χ2v) is 8.66. The lowest BCUT2D eigenvalue weighted by Gasteiger charge is -2.29. The van der Waals surface area contributed by atoms with Gasteiger partial charge in [-0.25, -0.2) is 14.6 Å². The fourth-order valence-electron chi connectivity index (χ4n) is 2.53. The molecule has 32 heavy (non-hydrogen) atoms. The number of carbonyl (C=O) groups excluding carboxylic acids is 4. The molecule has 0 fully saturated rings. The minimum Gasteiger partial charge on any atom is -0.464 e. The van der Waals surface area contributed by atoms with Crippen LogP contribution < -0.4 is 10.6 Å². The third-order valence-electron chi connectivity index (χ3n) is 4.11. The fourth-order valence-corrected chi connectivity index (χ4v) is 3.40. The van der Waals surface area contributed by atoms with Crippen LogP contribution >= 0.6 is 11.3 Å². The monoisotopic (exact) mass is 462 g/mol. The molecule has 0 saturated carbocycles. The van der Waals surface area contributed by atoms with E-state index >= 15 is 0 Å². The van der Waals surface area contributed by atoms with Gasteiger partial charge in [-0.15, -0.1) is 11.3 Å². The van der Waals surface area contributed by atoms with Gasteiger partial charge in [-0.2, -0.15) is 0 Å². The summed E-state index contributed by atoms with van der Waals surface area (Å²) in [5.41, 5.74) is -0.0967. The number of thiazole rings is 1. The van der Waals surface area contributed by atoms with Gasteiger partial charge in [0.25, 0.3) is 11.8 Å². The van der Waals surface area contributed by atoms with Crippen LogP contribution in [-0.2, 0) is 19.1 Å². The van der Waals surface area contributed by atoms with E-state index in [1.807, 2.05) is 26.8 Å². The summed E-state index contributed by atoms with van der Waals surface area (Å²) < 4.78 is 9.80. The summed E-state index contributed by atoms with van der Waals surface area (Å²) in [6.45, 7) is 13.1. The van der Waals surface area contributed by atoms with E-state index in [1.54, 1.807) is 10.3 Å². The average molecular weight is 463 g/mol. The molecule has 0 atom stereocenters. The number of ether oxygens (including phenoxy) is 2. The van der Waals surface area contributed by atoms with Crippen molar-refractivity contribution in [3.63, 3.8) is 0 Å². The molecule has 0 aromatic carbocycles. The van der Waals surface area contributed by atoms with Crippen LogP contribution in [0.4, 0.5) is 4.79 Å². The Labute approximate surface area is 190 Å². The average Bonchev–Trinajstić information content (AvgIpc) is 3.22. The summed E-state index contributed by atoms with van der Waals surface area (Å²) in [5, 5.41) is 6.72. The summed E-state index contributed by atoms with van der Waals surface area (Å²) in [4.78, 5) is 53.8. The van der Waals surface area contributed by atoms with E-state index in [-0.39, 0.29) is 23.2 Å². The number of hydrogen-bond donors (Lipinski definition) is 2. The van der Waals surface area contributed by atoms with E-state index in [0.717, 1.165) is 12.7 Å². The van der Waals surface area contributed by atoms with Gasteiger partial charge in [0.15, 0.2) is 0 Å². The molecule has 1 aliphatic rings. The molecule has 0 saturated heterocycles. The van der Waals surface area contributed by atoms with E-state index in [0.29, 0.717) is 24.5 Å². The largest absolute Gasteiger partial charge is 0.464 e. The van der Waals surface area contributed by atoms with Crippen LogP contribution in [0.5, 0.6) is 0 Å². The van der Waals surface area contributed by atoms with Crippen LogP contribution in [0.15, 0.2) is 36.0 Å². The molecule has 0 unspecified atom stereocenters. The van der Waals surface area contributed by atoms with E-state index in [9.17, 15) is 19.2 Å². The topological polar surface area (TPSA) is 127 Å². The summed E-state index contributed by atoms with van der Waals surface area (Å²) in [6, 6.07) is 0. The minimum atomic E-state index is -0.812. The van der Waals surface area contributed by atoms with Gasteiger partial charge in [0.1, 0.15) is 22.0 Å². The first-order valence-corrected chi connectivity index (χ1v) is 10.5. The van der Waals surface area contributed by atoms with Crippen molar-refractivity contribution in [2.75, 3.05) is 20.2 Å². The van der Waals surface area contributed by atoms with Crippen molar-refractivity contribution in [2.24, 2.45) is 0 Å². The molecule has 172 valence electrons. The van der Waals surface area contributed by atoms with Crippen molar-refractivity contribution in [3.05, 3.63) is 46.7 Å². The van der Waals surface area contributed by atoms with Crippen molar-refractivity contribution in [2.45, 2.75) is 32.8 Å². The smallest absolute Gasteiger partial charge is 0.410 e. The van der Waals surface area contributed by atoms with Gasteiger partial charge in [0.05, 0.1) is 12.8 Å².